The van der Waals surface area contributed by atoms with Gasteiger partial charge in [0, 0.05) is 80.2 Å². The summed E-state index contributed by atoms with van der Waals surface area (Å²) in [7, 11) is 3.08. The Labute approximate surface area is 276 Å². The van der Waals surface area contributed by atoms with Crippen molar-refractivity contribution < 1.29 is 18.7 Å². The monoisotopic (exact) mass is 656 g/mol. The molecule has 2 saturated heterocycles. The molecule has 0 bridgehead atoms. The molecule has 1 unspecified atom stereocenters. The minimum atomic E-state index is -0.597. The van der Waals surface area contributed by atoms with E-state index in [0.717, 1.165) is 54.8 Å². The lowest BCUT2D eigenvalue weighted by Gasteiger charge is -2.61. The number of ether oxygens (including phenoxy) is 1. The van der Waals surface area contributed by atoms with Gasteiger partial charge in [-0.3, -0.25) is 19.3 Å². The second kappa shape index (κ2) is 11.6. The largest absolute Gasteiger partial charge is 0.481 e. The summed E-state index contributed by atoms with van der Waals surface area (Å²) in [6.45, 7) is 6.90. The first-order valence-electron chi connectivity index (χ1n) is 15.5. The van der Waals surface area contributed by atoms with E-state index in [0.29, 0.717) is 34.0 Å². The first-order chi connectivity index (χ1) is 22.5. The van der Waals surface area contributed by atoms with E-state index in [1.165, 1.54) is 25.4 Å². The molecule has 1 spiro atoms. The van der Waals surface area contributed by atoms with Gasteiger partial charge >= 0.3 is 0 Å². The molecule has 2 amide bonds. The quantitative estimate of drug-likeness (QED) is 0.310. The first-order valence-corrected chi connectivity index (χ1v) is 15.9. The Morgan fingerprint density at radius 2 is 1.87 bits per heavy atom. The number of methoxy groups -OCH3 is 1. The lowest BCUT2D eigenvalue weighted by atomic mass is 9.72. The van der Waals surface area contributed by atoms with Gasteiger partial charge in [-0.25, -0.2) is 14.1 Å². The molecule has 12 heteroatoms. The van der Waals surface area contributed by atoms with E-state index in [1.807, 2.05) is 11.0 Å². The van der Waals surface area contributed by atoms with E-state index in [9.17, 15) is 14.4 Å². The summed E-state index contributed by atoms with van der Waals surface area (Å²) >= 11 is 7.00. The van der Waals surface area contributed by atoms with Crippen LogP contribution in [0.1, 0.15) is 46.4 Å². The van der Waals surface area contributed by atoms with E-state index in [4.69, 9.17) is 21.3 Å². The molecule has 1 atom stereocenters. The lowest BCUT2D eigenvalue weighted by Crippen LogP contribution is -2.72. The molecule has 2 aromatic carbocycles. The Balaban J connectivity index is 1.18. The fourth-order valence-corrected chi connectivity index (χ4v) is 7.72. The maximum atomic E-state index is 15.6. The summed E-state index contributed by atoms with van der Waals surface area (Å²) in [4.78, 5) is 46.4. The number of hydrogen-bond donors (Lipinski definition) is 1. The van der Waals surface area contributed by atoms with Gasteiger partial charge < -0.3 is 15.0 Å². The summed E-state index contributed by atoms with van der Waals surface area (Å²) < 4.78 is 22.5. The number of rotatable bonds is 6. The number of aromatic nitrogens is 3. The molecule has 3 aliphatic rings. The van der Waals surface area contributed by atoms with Crippen molar-refractivity contribution in [2.45, 2.75) is 32.7 Å². The molecule has 10 nitrogen and oxygen atoms in total. The van der Waals surface area contributed by atoms with Crippen LogP contribution in [0.2, 0.25) is 5.02 Å². The molecule has 0 radical (unpaired) electrons. The maximum Gasteiger partial charge on any atom is 0.279 e. The van der Waals surface area contributed by atoms with Gasteiger partial charge in [-0.2, -0.15) is 5.10 Å². The summed E-state index contributed by atoms with van der Waals surface area (Å²) in [5, 5.41) is 6.83. The van der Waals surface area contributed by atoms with E-state index in [1.54, 1.807) is 45.2 Å². The van der Waals surface area contributed by atoms with Crippen LogP contribution < -0.4 is 15.6 Å². The van der Waals surface area contributed by atoms with Crippen LogP contribution in [0.5, 0.6) is 5.88 Å². The highest BCUT2D eigenvalue weighted by atomic mass is 35.5. The van der Waals surface area contributed by atoms with Gasteiger partial charge in [0.15, 0.2) is 0 Å². The third-order valence-electron chi connectivity index (χ3n) is 9.81. The number of nitrogens with one attached hydrogen (secondary N) is 1. The van der Waals surface area contributed by atoms with Gasteiger partial charge in [0.05, 0.1) is 17.8 Å². The van der Waals surface area contributed by atoms with E-state index in [2.05, 4.69) is 15.3 Å². The van der Waals surface area contributed by atoms with Gasteiger partial charge in [0.2, 0.25) is 11.8 Å². The SMILES string of the molecule is COc1nc(-c2ccc(F)c(-c3cccc(NC(=O)c4ccnn(C)c4=O)c3C)c2Cl)cc2c1C(N1CC3(CN(C(C)=O)C3)C1)CC2. The number of hydrogen-bond acceptors (Lipinski definition) is 7. The number of carbonyl (C=O) groups excluding carboxylic acids is 2. The number of fused-ring (bicyclic) bond motifs is 1. The van der Waals surface area contributed by atoms with Crippen molar-refractivity contribution in [1.29, 1.82) is 0 Å². The Bertz CT molecular complexity index is 2020. The molecule has 2 aliphatic heterocycles. The Morgan fingerprint density at radius 3 is 2.60 bits per heavy atom. The van der Waals surface area contributed by atoms with Crippen molar-refractivity contribution in [3.8, 4) is 28.3 Å². The standard InChI is InChI=1S/C35H34ClFN6O4/c1-19-22(6-5-7-26(19)39-32(45)24-12-13-38-41(3)34(24)46)30-25(37)10-9-23(31(30)36)27-14-21-8-11-28(29(21)33(40-27)47-4)43-17-35(18-43)15-42(16-35)20(2)44/h5-7,9-10,12-14,28H,8,11,15-18H2,1-4H3,(H,39,45). The third-order valence-corrected chi connectivity index (χ3v) is 10.2. The normalized spacial score (nSPS) is 18.0. The molecule has 2 fully saturated rings. The van der Waals surface area contributed by atoms with Gasteiger partial charge in [-0.15, -0.1) is 0 Å². The minimum Gasteiger partial charge on any atom is -0.481 e. The first kappa shape index (κ1) is 31.0. The minimum absolute atomic E-state index is 0.0614. The zero-order valence-electron chi connectivity index (χ0n) is 26.6. The number of likely N-dealkylation sites (tertiary alicyclic amines) is 2. The molecular weight excluding hydrogens is 623 g/mol. The zero-order valence-corrected chi connectivity index (χ0v) is 27.3. The van der Waals surface area contributed by atoms with Crippen molar-refractivity contribution >= 4 is 29.1 Å². The molecular formula is C35H34ClFN6O4. The molecule has 2 aromatic heterocycles. The molecule has 1 N–H and O–H groups in total. The Hall–Kier alpha value is -4.61. The van der Waals surface area contributed by atoms with E-state index in [-0.39, 0.29) is 33.5 Å². The van der Waals surface area contributed by atoms with E-state index >= 15 is 4.39 Å². The molecule has 4 heterocycles. The molecule has 47 heavy (non-hydrogen) atoms. The van der Waals surface area contributed by atoms with Gasteiger partial charge in [0.1, 0.15) is 11.4 Å². The fraction of sp³-hybridized carbons (Fsp3) is 0.343. The van der Waals surface area contributed by atoms with Gasteiger partial charge in [0.25, 0.3) is 11.5 Å². The van der Waals surface area contributed by atoms with E-state index < -0.39 is 17.3 Å². The summed E-state index contributed by atoms with van der Waals surface area (Å²) in [6.07, 6.45) is 3.17. The number of aryl methyl sites for hydroxylation is 2. The highest BCUT2D eigenvalue weighted by Gasteiger charge is 2.55. The molecule has 4 aromatic rings. The van der Waals surface area contributed by atoms with Crippen LogP contribution in [-0.4, -0.2) is 69.7 Å². The fourth-order valence-electron chi connectivity index (χ4n) is 7.37. The number of pyridine rings is 1. The van der Waals surface area contributed by atoms with Crippen molar-refractivity contribution in [3.63, 3.8) is 0 Å². The van der Waals surface area contributed by atoms with Crippen LogP contribution in [0.15, 0.2) is 53.5 Å². The molecule has 242 valence electrons. The second-order valence-electron chi connectivity index (χ2n) is 12.8. The smallest absolute Gasteiger partial charge is 0.279 e. The summed E-state index contributed by atoms with van der Waals surface area (Å²) in [6, 6.07) is 11.7. The van der Waals surface area contributed by atoms with Gasteiger partial charge in [-0.1, -0.05) is 23.7 Å². The van der Waals surface area contributed by atoms with Crippen molar-refractivity contribution in [1.82, 2.24) is 24.6 Å². The summed E-state index contributed by atoms with van der Waals surface area (Å²) in [5.74, 6) is -0.455. The number of amides is 2. The lowest BCUT2D eigenvalue weighted by molar-refractivity contribution is -0.161. The highest BCUT2D eigenvalue weighted by Crippen LogP contribution is 2.50. The van der Waals surface area contributed by atoms with Crippen LogP contribution in [-0.2, 0) is 18.3 Å². The predicted octanol–water partition coefficient (Wildman–Crippen LogP) is 5.02. The molecule has 0 saturated carbocycles. The van der Waals surface area contributed by atoms with Crippen LogP contribution in [0.25, 0.3) is 22.4 Å². The highest BCUT2D eigenvalue weighted by molar-refractivity contribution is 6.36. The zero-order chi connectivity index (χ0) is 33.2. The molecule has 1 aliphatic carbocycles. The Morgan fingerprint density at radius 1 is 1.11 bits per heavy atom. The van der Waals surface area contributed by atoms with Crippen LogP contribution in [0.3, 0.4) is 0 Å². The second-order valence-corrected chi connectivity index (χ2v) is 13.2. The number of carbonyl (C=O) groups is 2. The predicted molar refractivity (Wildman–Crippen MR) is 176 cm³/mol. The number of anilines is 1. The molecule has 7 rings (SSSR count). The van der Waals surface area contributed by atoms with Crippen molar-refractivity contribution in [3.05, 3.63) is 92.1 Å². The van der Waals surface area contributed by atoms with Crippen LogP contribution in [0.4, 0.5) is 10.1 Å². The topological polar surface area (TPSA) is 110 Å². The average Bonchev–Trinajstić information content (AvgIpc) is 3.42. The number of benzene rings is 2. The van der Waals surface area contributed by atoms with Crippen molar-refractivity contribution in [2.24, 2.45) is 12.5 Å². The number of nitrogens with zero attached hydrogens (tertiary/aromatic N) is 5. The van der Waals surface area contributed by atoms with Crippen molar-refractivity contribution in [2.75, 3.05) is 38.6 Å². The maximum absolute atomic E-state index is 15.6. The van der Waals surface area contributed by atoms with Gasteiger partial charge in [-0.05, 0) is 66.8 Å². The van der Waals surface area contributed by atoms with Crippen LogP contribution in [0, 0.1) is 18.2 Å². The number of halogens is 2. The van der Waals surface area contributed by atoms with Crippen LogP contribution >= 0.6 is 11.6 Å². The average molecular weight is 657 g/mol. The summed E-state index contributed by atoms with van der Waals surface area (Å²) in [5.41, 5.74) is 4.63. The third kappa shape index (κ3) is 5.18. The Kier molecular flexibility index (Phi) is 7.64.